The van der Waals surface area contributed by atoms with Gasteiger partial charge in [-0.1, -0.05) is 6.07 Å². The molecule has 0 spiro atoms. The topological polar surface area (TPSA) is 62.5 Å². The van der Waals surface area contributed by atoms with E-state index in [1.165, 1.54) is 30.8 Å². The van der Waals surface area contributed by atoms with Gasteiger partial charge in [-0.2, -0.15) is 5.26 Å². The molecule has 0 unspecified atom stereocenters. The van der Waals surface area contributed by atoms with Gasteiger partial charge in [-0.25, -0.2) is 0 Å². The summed E-state index contributed by atoms with van der Waals surface area (Å²) in [5.41, 5.74) is 4.95. The van der Waals surface area contributed by atoms with E-state index in [4.69, 9.17) is 4.98 Å². The van der Waals surface area contributed by atoms with Gasteiger partial charge in [-0.05, 0) is 55.7 Å². The Labute approximate surface area is 214 Å². The Hall–Kier alpha value is -3.15. The first kappa shape index (κ1) is 23.3. The zero-order valence-electron chi connectivity index (χ0n) is 21.3. The summed E-state index contributed by atoms with van der Waals surface area (Å²) in [6.07, 6.45) is 6.27. The van der Waals surface area contributed by atoms with Gasteiger partial charge in [0.25, 0.3) is 0 Å². The molecule has 0 saturated carbocycles. The first-order valence-corrected chi connectivity index (χ1v) is 13.3. The van der Waals surface area contributed by atoms with Crippen LogP contribution in [0.5, 0.6) is 0 Å². The Balaban J connectivity index is 1.17. The minimum absolute atomic E-state index is 0.511. The summed E-state index contributed by atoms with van der Waals surface area (Å²) in [7, 11) is 1.99. The molecule has 36 heavy (non-hydrogen) atoms. The van der Waals surface area contributed by atoms with E-state index in [0.717, 1.165) is 55.8 Å². The van der Waals surface area contributed by atoms with Crippen LogP contribution in [0.4, 0.5) is 11.4 Å². The van der Waals surface area contributed by atoms with Gasteiger partial charge in [0.15, 0.2) is 7.85 Å². The van der Waals surface area contributed by atoms with Crippen molar-refractivity contribution in [1.82, 2.24) is 19.8 Å². The lowest BCUT2D eigenvalue weighted by atomic mass is 9.90. The van der Waals surface area contributed by atoms with E-state index in [0.29, 0.717) is 23.7 Å². The van der Waals surface area contributed by atoms with Crippen LogP contribution in [0.15, 0.2) is 48.8 Å². The number of nitrogens with zero attached hydrogens (tertiary/aromatic N) is 7. The predicted octanol–water partition coefficient (Wildman–Crippen LogP) is 1.62. The smallest absolute Gasteiger partial charge is 0.163 e. The van der Waals surface area contributed by atoms with Crippen LogP contribution in [0, 0.1) is 11.3 Å². The quantitative estimate of drug-likeness (QED) is 0.530. The van der Waals surface area contributed by atoms with Crippen LogP contribution in [-0.2, 0) is 0 Å². The first-order valence-electron chi connectivity index (χ1n) is 13.3. The number of hydrogen-bond donors (Lipinski definition) is 0. The highest BCUT2D eigenvalue weighted by Crippen LogP contribution is 2.34. The minimum Gasteiger partial charge on any atom is -0.369 e. The van der Waals surface area contributed by atoms with Crippen molar-refractivity contribution in [2.45, 2.75) is 37.9 Å². The molecule has 0 aliphatic carbocycles. The zero-order valence-corrected chi connectivity index (χ0v) is 21.3. The Bertz CT molecular complexity index is 1270. The molecule has 3 aromatic rings. The summed E-state index contributed by atoms with van der Waals surface area (Å²) in [5.74, 6) is 0. The maximum absolute atomic E-state index is 9.64. The fraction of sp³-hybridized carbons (Fsp3) is 0.464. The van der Waals surface area contributed by atoms with Crippen LogP contribution in [0.1, 0.15) is 25.3 Å². The fourth-order valence-electron chi connectivity index (χ4n) is 6.65. The number of aromatic nitrogens is 2. The average molecular weight is 479 g/mol. The fourth-order valence-corrected chi connectivity index (χ4v) is 6.65. The highest BCUT2D eigenvalue weighted by atomic mass is 15.3. The van der Waals surface area contributed by atoms with Crippen molar-refractivity contribution in [3.05, 3.63) is 54.4 Å². The second-order valence-electron chi connectivity index (χ2n) is 10.6. The average Bonchev–Trinajstić information content (AvgIpc) is 2.92. The number of fused-ring (bicyclic) bond motifs is 2. The monoisotopic (exact) mass is 479 g/mol. The van der Waals surface area contributed by atoms with Gasteiger partial charge in [0.05, 0.1) is 11.1 Å². The number of piperidine rings is 1. The second-order valence-corrected chi connectivity index (χ2v) is 10.6. The molecule has 0 N–H and O–H groups in total. The molecule has 3 aliphatic rings. The molecule has 3 fully saturated rings. The van der Waals surface area contributed by atoms with Gasteiger partial charge in [-0.3, -0.25) is 19.8 Å². The van der Waals surface area contributed by atoms with Gasteiger partial charge < -0.3 is 9.80 Å². The summed E-state index contributed by atoms with van der Waals surface area (Å²) in [4.78, 5) is 19.4. The summed E-state index contributed by atoms with van der Waals surface area (Å²) in [5, 5.41) is 10.7. The molecule has 0 amide bonds. The van der Waals surface area contributed by atoms with Crippen molar-refractivity contribution >= 4 is 35.7 Å². The maximum Gasteiger partial charge on any atom is 0.163 e. The van der Waals surface area contributed by atoms with Crippen LogP contribution in [0.2, 0.25) is 0 Å². The molecule has 1 aromatic carbocycles. The SMILES string of the molecule is Bc1ccc2c(N3C[C@@H]4C[C@H](N5CCN(c6ccncc6)CC5)CCN4[C@H](C)C3)ccc(C#N)c2n1. The summed E-state index contributed by atoms with van der Waals surface area (Å²) in [6, 6.07) is 16.6. The maximum atomic E-state index is 9.64. The van der Waals surface area contributed by atoms with Crippen LogP contribution < -0.4 is 15.4 Å². The second kappa shape index (κ2) is 9.72. The van der Waals surface area contributed by atoms with Gasteiger partial charge in [-0.15, -0.1) is 0 Å². The van der Waals surface area contributed by atoms with Crippen molar-refractivity contribution in [1.29, 1.82) is 5.26 Å². The Morgan fingerprint density at radius 3 is 2.50 bits per heavy atom. The molecule has 2 aromatic heterocycles. The van der Waals surface area contributed by atoms with E-state index in [2.05, 4.69) is 67.9 Å². The van der Waals surface area contributed by atoms with Gasteiger partial charge >= 0.3 is 0 Å². The van der Waals surface area contributed by atoms with E-state index in [1.807, 2.05) is 26.3 Å². The number of anilines is 2. The van der Waals surface area contributed by atoms with Gasteiger partial charge in [0.2, 0.25) is 0 Å². The predicted molar refractivity (Wildman–Crippen MR) is 148 cm³/mol. The molecule has 3 atom stereocenters. The molecular weight excluding hydrogens is 445 g/mol. The molecule has 6 rings (SSSR count). The molecular formula is C28H34BN7. The molecule has 7 nitrogen and oxygen atoms in total. The number of nitriles is 1. The summed E-state index contributed by atoms with van der Waals surface area (Å²) >= 11 is 0. The minimum atomic E-state index is 0.511. The molecule has 3 aliphatic heterocycles. The van der Waals surface area contributed by atoms with E-state index in [9.17, 15) is 5.26 Å². The third-order valence-corrected chi connectivity index (χ3v) is 8.51. The number of pyridine rings is 2. The first-order chi connectivity index (χ1) is 17.6. The van der Waals surface area contributed by atoms with Crippen LogP contribution >= 0.6 is 0 Å². The van der Waals surface area contributed by atoms with Crippen molar-refractivity contribution < 1.29 is 0 Å². The Morgan fingerprint density at radius 1 is 0.917 bits per heavy atom. The van der Waals surface area contributed by atoms with Crippen molar-refractivity contribution in [2.24, 2.45) is 0 Å². The van der Waals surface area contributed by atoms with E-state index in [1.54, 1.807) is 0 Å². The number of hydrogen-bond acceptors (Lipinski definition) is 7. The van der Waals surface area contributed by atoms with Crippen molar-refractivity contribution in [3.63, 3.8) is 0 Å². The lowest BCUT2D eigenvalue weighted by Crippen LogP contribution is -2.63. The van der Waals surface area contributed by atoms with Gasteiger partial charge in [0, 0.05) is 93.1 Å². The Kier molecular flexibility index (Phi) is 6.28. The largest absolute Gasteiger partial charge is 0.369 e. The van der Waals surface area contributed by atoms with Gasteiger partial charge in [0.1, 0.15) is 6.07 Å². The van der Waals surface area contributed by atoms with E-state index >= 15 is 0 Å². The lowest BCUT2D eigenvalue weighted by molar-refractivity contribution is 0.0300. The normalized spacial score (nSPS) is 25.5. The highest BCUT2D eigenvalue weighted by molar-refractivity contribution is 6.31. The molecule has 8 heteroatoms. The number of benzene rings is 1. The molecule has 184 valence electrons. The van der Waals surface area contributed by atoms with Crippen LogP contribution in [0.25, 0.3) is 10.9 Å². The standard InChI is InChI=1S/C28H34BN7/c1-20-18-35(26-4-2-21(17-30)28-25(26)3-5-27(29)32-28)19-24-16-23(8-11-36(20)24)34-14-12-33(13-15-34)22-6-9-31-10-7-22/h2-7,9-10,20,23-24H,8,11-16,18-19,29H2,1H3/t20-,23-,24+/m1/s1. The van der Waals surface area contributed by atoms with E-state index < -0.39 is 0 Å². The summed E-state index contributed by atoms with van der Waals surface area (Å²) in [6.45, 7) is 10.0. The van der Waals surface area contributed by atoms with E-state index in [-0.39, 0.29) is 0 Å². The third-order valence-electron chi connectivity index (χ3n) is 8.51. The van der Waals surface area contributed by atoms with Crippen molar-refractivity contribution in [3.8, 4) is 6.07 Å². The zero-order chi connectivity index (χ0) is 24.6. The summed E-state index contributed by atoms with van der Waals surface area (Å²) < 4.78 is 0. The van der Waals surface area contributed by atoms with Crippen LogP contribution in [-0.4, -0.2) is 91.6 Å². The lowest BCUT2D eigenvalue weighted by Gasteiger charge is -2.52. The third kappa shape index (κ3) is 4.31. The van der Waals surface area contributed by atoms with Crippen molar-refractivity contribution in [2.75, 3.05) is 55.6 Å². The molecule has 0 bridgehead atoms. The highest BCUT2D eigenvalue weighted by Gasteiger charge is 2.39. The van der Waals surface area contributed by atoms with Crippen LogP contribution in [0.3, 0.4) is 0 Å². The number of piperazine rings is 2. The molecule has 3 saturated heterocycles. The molecule has 5 heterocycles. The molecule has 0 radical (unpaired) electrons. The Morgan fingerprint density at radius 2 is 1.72 bits per heavy atom. The number of rotatable bonds is 3.